The van der Waals surface area contributed by atoms with E-state index in [1.165, 1.54) is 25.4 Å². The molecule has 9 heteroatoms. The number of carbonyl (C=O) groups is 1. The van der Waals surface area contributed by atoms with Crippen molar-refractivity contribution in [2.75, 3.05) is 12.4 Å². The molecule has 2 aromatic rings. The second-order valence-electron chi connectivity index (χ2n) is 3.29. The molecule has 2 heterocycles. The van der Waals surface area contributed by atoms with Crippen LogP contribution in [0.25, 0.3) is 11.5 Å². The van der Waals surface area contributed by atoms with Crippen molar-refractivity contribution >= 4 is 11.9 Å². The van der Waals surface area contributed by atoms with Gasteiger partial charge in [-0.2, -0.15) is 8.78 Å². The van der Waals surface area contributed by atoms with Crippen molar-refractivity contribution in [2.24, 2.45) is 0 Å². The average Bonchev–Trinajstić information content (AvgIpc) is 2.89. The third-order valence-corrected chi connectivity index (χ3v) is 2.05. The molecule has 1 amide bonds. The van der Waals surface area contributed by atoms with Crippen LogP contribution in [0.5, 0.6) is 0 Å². The zero-order chi connectivity index (χ0) is 13.8. The Labute approximate surface area is 105 Å². The van der Waals surface area contributed by atoms with Crippen molar-refractivity contribution in [1.82, 2.24) is 15.2 Å². The van der Waals surface area contributed by atoms with Crippen LogP contribution in [0.2, 0.25) is 0 Å². The summed E-state index contributed by atoms with van der Waals surface area (Å²) in [4.78, 5) is 14.8. The Morgan fingerprint density at radius 1 is 1.42 bits per heavy atom. The Morgan fingerprint density at radius 3 is 2.74 bits per heavy atom. The molecule has 19 heavy (non-hydrogen) atoms. The molecule has 2 rings (SSSR count). The smallest absolute Gasteiger partial charge is 0.412 e. The first-order chi connectivity index (χ1) is 9.10. The van der Waals surface area contributed by atoms with E-state index in [2.05, 4.69) is 25.2 Å². The number of carbonyl (C=O) groups excluding carboxylic acids is 1. The highest BCUT2D eigenvalue weighted by Crippen LogP contribution is 2.23. The lowest BCUT2D eigenvalue weighted by Crippen LogP contribution is -2.11. The molecular formula is C10H8F2N4O3. The average molecular weight is 270 g/mol. The molecule has 0 fully saturated rings. The van der Waals surface area contributed by atoms with Crippen LogP contribution in [0.15, 0.2) is 22.7 Å². The Morgan fingerprint density at radius 2 is 2.21 bits per heavy atom. The fraction of sp³-hybridized carbons (Fsp3) is 0.200. The normalized spacial score (nSPS) is 10.5. The Balaban J connectivity index is 2.15. The molecule has 0 atom stereocenters. The number of alkyl halides is 2. The van der Waals surface area contributed by atoms with Gasteiger partial charge in [0.25, 0.3) is 5.89 Å². The zero-order valence-corrected chi connectivity index (χ0v) is 9.63. The summed E-state index contributed by atoms with van der Waals surface area (Å²) in [5.74, 6) is -0.594. The lowest BCUT2D eigenvalue weighted by Gasteiger charge is -2.02. The number of amides is 1. The van der Waals surface area contributed by atoms with Gasteiger partial charge in [-0.1, -0.05) is 0 Å². The van der Waals surface area contributed by atoms with Crippen LogP contribution in [-0.4, -0.2) is 28.4 Å². The molecule has 0 aliphatic heterocycles. The van der Waals surface area contributed by atoms with Gasteiger partial charge in [0.15, 0.2) is 0 Å². The number of pyridine rings is 1. The number of nitrogens with zero attached hydrogens (tertiary/aromatic N) is 3. The van der Waals surface area contributed by atoms with E-state index in [0.717, 1.165) is 0 Å². The summed E-state index contributed by atoms with van der Waals surface area (Å²) < 4.78 is 33.7. The number of anilines is 1. The van der Waals surface area contributed by atoms with E-state index in [1.54, 1.807) is 0 Å². The topological polar surface area (TPSA) is 90.1 Å². The third-order valence-electron chi connectivity index (χ3n) is 2.05. The van der Waals surface area contributed by atoms with E-state index in [0.29, 0.717) is 5.56 Å². The van der Waals surface area contributed by atoms with Crippen molar-refractivity contribution in [3.63, 3.8) is 0 Å². The number of hydrogen-bond acceptors (Lipinski definition) is 6. The van der Waals surface area contributed by atoms with Gasteiger partial charge in [0.2, 0.25) is 5.89 Å². The Kier molecular flexibility index (Phi) is 3.64. The largest absolute Gasteiger partial charge is 0.453 e. The summed E-state index contributed by atoms with van der Waals surface area (Å²) >= 11 is 0. The van der Waals surface area contributed by atoms with E-state index >= 15 is 0 Å². The van der Waals surface area contributed by atoms with Gasteiger partial charge in [0.1, 0.15) is 5.82 Å². The maximum Gasteiger partial charge on any atom is 0.412 e. The van der Waals surface area contributed by atoms with Crippen LogP contribution < -0.4 is 5.32 Å². The van der Waals surface area contributed by atoms with E-state index in [1.807, 2.05) is 0 Å². The molecule has 7 nitrogen and oxygen atoms in total. The number of hydrogen-bond donors (Lipinski definition) is 1. The molecule has 0 spiro atoms. The molecule has 100 valence electrons. The van der Waals surface area contributed by atoms with Crippen molar-refractivity contribution < 1.29 is 22.7 Å². The highest BCUT2D eigenvalue weighted by atomic mass is 19.3. The third kappa shape index (κ3) is 3.00. The number of halogens is 2. The molecule has 2 aromatic heterocycles. The Bertz CT molecular complexity index is 570. The summed E-state index contributed by atoms with van der Waals surface area (Å²) in [5, 5.41) is 8.99. The second-order valence-corrected chi connectivity index (χ2v) is 3.29. The zero-order valence-electron chi connectivity index (χ0n) is 9.63. The van der Waals surface area contributed by atoms with E-state index < -0.39 is 18.4 Å². The van der Waals surface area contributed by atoms with Gasteiger partial charge in [-0.15, -0.1) is 10.2 Å². The minimum atomic E-state index is -2.82. The van der Waals surface area contributed by atoms with Gasteiger partial charge in [0.05, 0.1) is 12.7 Å². The molecule has 0 aromatic carbocycles. The molecule has 0 radical (unpaired) electrons. The van der Waals surface area contributed by atoms with Gasteiger partial charge in [0, 0.05) is 6.20 Å². The first kappa shape index (κ1) is 12.9. The lowest BCUT2D eigenvalue weighted by atomic mass is 10.3. The van der Waals surface area contributed by atoms with Gasteiger partial charge in [-0.05, 0) is 12.1 Å². The van der Waals surface area contributed by atoms with E-state index in [4.69, 9.17) is 4.42 Å². The van der Waals surface area contributed by atoms with Crippen LogP contribution in [0, 0.1) is 0 Å². The SMILES string of the molecule is COC(=O)Nc1ccc(-c2nnc(C(F)F)o2)cn1. The molecule has 0 bridgehead atoms. The Hall–Kier alpha value is -2.58. The molecule has 0 aliphatic rings. The van der Waals surface area contributed by atoms with E-state index in [-0.39, 0.29) is 11.7 Å². The van der Waals surface area contributed by atoms with Crippen LogP contribution in [0.1, 0.15) is 12.3 Å². The molecular weight excluding hydrogens is 262 g/mol. The van der Waals surface area contributed by atoms with Crippen LogP contribution >= 0.6 is 0 Å². The van der Waals surface area contributed by atoms with Gasteiger partial charge >= 0.3 is 12.5 Å². The van der Waals surface area contributed by atoms with Crippen LogP contribution in [0.4, 0.5) is 19.4 Å². The van der Waals surface area contributed by atoms with E-state index in [9.17, 15) is 13.6 Å². The lowest BCUT2D eigenvalue weighted by molar-refractivity contribution is 0.116. The van der Waals surface area contributed by atoms with Gasteiger partial charge in [-0.3, -0.25) is 5.32 Å². The number of ether oxygens (including phenoxy) is 1. The first-order valence-corrected chi connectivity index (χ1v) is 5.03. The van der Waals surface area contributed by atoms with Gasteiger partial charge in [-0.25, -0.2) is 9.78 Å². The number of nitrogens with one attached hydrogen (secondary N) is 1. The van der Waals surface area contributed by atoms with Crippen molar-refractivity contribution in [3.05, 3.63) is 24.2 Å². The summed E-state index contributed by atoms with van der Waals surface area (Å²) in [7, 11) is 1.22. The van der Waals surface area contributed by atoms with Crippen molar-refractivity contribution in [2.45, 2.75) is 6.43 Å². The minimum Gasteiger partial charge on any atom is -0.453 e. The maximum absolute atomic E-state index is 12.3. The summed E-state index contributed by atoms with van der Waals surface area (Å²) in [6, 6.07) is 2.93. The van der Waals surface area contributed by atoms with Crippen molar-refractivity contribution in [3.8, 4) is 11.5 Å². The quantitative estimate of drug-likeness (QED) is 0.919. The monoisotopic (exact) mass is 270 g/mol. The number of aromatic nitrogens is 3. The predicted octanol–water partition coefficient (Wildman–Crippen LogP) is 2.25. The summed E-state index contributed by atoms with van der Waals surface area (Å²) in [6.07, 6.45) is -2.19. The summed E-state index contributed by atoms with van der Waals surface area (Å²) in [6.45, 7) is 0. The molecule has 0 saturated heterocycles. The fourth-order valence-corrected chi connectivity index (χ4v) is 1.19. The highest BCUT2D eigenvalue weighted by Gasteiger charge is 2.17. The fourth-order valence-electron chi connectivity index (χ4n) is 1.19. The first-order valence-electron chi connectivity index (χ1n) is 5.03. The molecule has 0 unspecified atom stereocenters. The second kappa shape index (κ2) is 5.38. The summed E-state index contributed by atoms with van der Waals surface area (Å²) in [5.41, 5.74) is 0.356. The van der Waals surface area contributed by atoms with Gasteiger partial charge < -0.3 is 9.15 Å². The standard InChI is InChI=1S/C10H8F2N4O3/c1-18-10(17)14-6-3-2-5(4-13-6)8-15-16-9(19-8)7(11)12/h2-4,7H,1H3,(H,13,14,17). The van der Waals surface area contributed by atoms with Crippen LogP contribution in [-0.2, 0) is 4.74 Å². The highest BCUT2D eigenvalue weighted by molar-refractivity contribution is 5.83. The molecule has 0 aliphatic carbocycles. The maximum atomic E-state index is 12.3. The minimum absolute atomic E-state index is 0.0765. The number of methoxy groups -OCH3 is 1. The predicted molar refractivity (Wildman–Crippen MR) is 58.5 cm³/mol. The molecule has 1 N–H and O–H groups in total. The van der Waals surface area contributed by atoms with Crippen LogP contribution in [0.3, 0.4) is 0 Å². The molecule has 0 saturated carbocycles. The number of rotatable bonds is 3. The van der Waals surface area contributed by atoms with Crippen molar-refractivity contribution in [1.29, 1.82) is 0 Å².